The second kappa shape index (κ2) is 6.81. The zero-order valence-corrected chi connectivity index (χ0v) is 14.9. The summed E-state index contributed by atoms with van der Waals surface area (Å²) in [5.41, 5.74) is 0.150. The second-order valence-electron chi connectivity index (χ2n) is 5.48. The fourth-order valence-corrected chi connectivity index (χ4v) is 2.86. The van der Waals surface area contributed by atoms with Crippen LogP contribution in [0.4, 0.5) is 18.9 Å². The molecule has 9 heteroatoms. The Morgan fingerprint density at radius 3 is 2.62 bits per heavy atom. The van der Waals surface area contributed by atoms with E-state index in [1.165, 1.54) is 10.6 Å². The average molecular weight is 402 g/mol. The normalized spacial score (nSPS) is 11.8. The summed E-state index contributed by atoms with van der Waals surface area (Å²) < 4.78 is 40.2. The molecule has 0 unspecified atom stereocenters. The first-order chi connectivity index (χ1) is 12.2. The topological polar surface area (TPSA) is 46.4 Å². The number of amides is 1. The van der Waals surface area contributed by atoms with Crippen molar-refractivity contribution < 1.29 is 18.0 Å². The lowest BCUT2D eigenvalue weighted by molar-refractivity contribution is -0.137. The molecular weight excluding hydrogens is 390 g/mol. The summed E-state index contributed by atoms with van der Waals surface area (Å²) in [5.74, 6) is -0.627. The predicted molar refractivity (Wildman–Crippen MR) is 94.0 cm³/mol. The number of fused-ring (bicyclic) bond motifs is 1. The van der Waals surface area contributed by atoms with Gasteiger partial charge in [0.2, 0.25) is 0 Å². The minimum absolute atomic E-state index is 0.00347. The largest absolute Gasteiger partial charge is 0.416 e. The van der Waals surface area contributed by atoms with Crippen LogP contribution in [-0.2, 0) is 12.6 Å². The summed E-state index contributed by atoms with van der Waals surface area (Å²) >= 11 is 11.9. The first kappa shape index (κ1) is 18.5. The van der Waals surface area contributed by atoms with E-state index in [1.54, 1.807) is 12.1 Å². The number of hydrogen-bond donors (Lipinski definition) is 1. The van der Waals surface area contributed by atoms with Gasteiger partial charge in [-0.05, 0) is 36.8 Å². The lowest BCUT2D eigenvalue weighted by atomic mass is 10.2. The number of aryl methyl sites for hydroxylation is 1. The number of alkyl halides is 3. The Kier molecular flexibility index (Phi) is 4.86. The predicted octanol–water partition coefficient (Wildman–Crippen LogP) is 5.47. The molecule has 0 atom stereocenters. The summed E-state index contributed by atoms with van der Waals surface area (Å²) in [6.07, 6.45) is -2.57. The van der Waals surface area contributed by atoms with Crippen molar-refractivity contribution in [2.24, 2.45) is 0 Å². The molecule has 2 heterocycles. The summed E-state index contributed by atoms with van der Waals surface area (Å²) in [4.78, 5) is 17.1. The average Bonchev–Trinajstić information content (AvgIpc) is 2.93. The zero-order valence-electron chi connectivity index (χ0n) is 13.4. The van der Waals surface area contributed by atoms with E-state index >= 15 is 0 Å². The first-order valence-electron chi connectivity index (χ1n) is 7.55. The SMILES string of the molecule is CCc1nc2ccc(Cl)cn2c1C(=O)Nc1cc(C(F)(F)F)ccc1Cl. The maximum Gasteiger partial charge on any atom is 0.416 e. The Morgan fingerprint density at radius 2 is 1.96 bits per heavy atom. The van der Waals surface area contributed by atoms with E-state index in [2.05, 4.69) is 10.3 Å². The van der Waals surface area contributed by atoms with Gasteiger partial charge in [-0.25, -0.2) is 4.98 Å². The molecule has 0 aliphatic rings. The molecule has 0 aliphatic carbocycles. The first-order valence-corrected chi connectivity index (χ1v) is 8.31. The molecule has 1 amide bonds. The Hall–Kier alpha value is -2.25. The number of pyridine rings is 1. The molecule has 3 aromatic rings. The van der Waals surface area contributed by atoms with Gasteiger partial charge < -0.3 is 5.32 Å². The van der Waals surface area contributed by atoms with Gasteiger partial charge in [0.15, 0.2) is 0 Å². The standard InChI is InChI=1S/C17H12Cl2F3N3O/c1-2-12-15(25-8-10(18)4-6-14(25)23-12)16(26)24-13-7-9(17(20,21)22)3-5-11(13)19/h3-8H,2H2,1H3,(H,24,26). The highest BCUT2D eigenvalue weighted by Gasteiger charge is 2.31. The van der Waals surface area contributed by atoms with Gasteiger partial charge in [0.1, 0.15) is 11.3 Å². The van der Waals surface area contributed by atoms with Crippen LogP contribution in [0.1, 0.15) is 28.7 Å². The third-order valence-electron chi connectivity index (χ3n) is 3.75. The molecule has 136 valence electrons. The molecule has 26 heavy (non-hydrogen) atoms. The third kappa shape index (κ3) is 3.50. The van der Waals surface area contributed by atoms with E-state index in [0.717, 1.165) is 18.2 Å². The van der Waals surface area contributed by atoms with Crippen molar-refractivity contribution in [3.63, 3.8) is 0 Å². The van der Waals surface area contributed by atoms with E-state index < -0.39 is 17.6 Å². The molecule has 2 aromatic heterocycles. The molecule has 0 aliphatic heterocycles. The molecule has 0 saturated carbocycles. The van der Waals surface area contributed by atoms with Crippen molar-refractivity contribution in [2.45, 2.75) is 19.5 Å². The maximum atomic E-state index is 12.9. The summed E-state index contributed by atoms with van der Waals surface area (Å²) in [6, 6.07) is 6.02. The quantitative estimate of drug-likeness (QED) is 0.631. The van der Waals surface area contributed by atoms with Crippen molar-refractivity contribution >= 4 is 40.4 Å². The van der Waals surface area contributed by atoms with Gasteiger partial charge in [0, 0.05) is 6.20 Å². The van der Waals surface area contributed by atoms with Crippen molar-refractivity contribution in [3.8, 4) is 0 Å². The minimum Gasteiger partial charge on any atom is -0.319 e. The van der Waals surface area contributed by atoms with Crippen LogP contribution in [0.15, 0.2) is 36.5 Å². The number of carbonyl (C=O) groups excluding carboxylic acids is 1. The van der Waals surface area contributed by atoms with Crippen LogP contribution in [0, 0.1) is 0 Å². The van der Waals surface area contributed by atoms with Gasteiger partial charge in [-0.3, -0.25) is 9.20 Å². The van der Waals surface area contributed by atoms with Crippen molar-refractivity contribution in [1.82, 2.24) is 9.38 Å². The number of hydrogen-bond acceptors (Lipinski definition) is 2. The molecule has 0 fully saturated rings. The van der Waals surface area contributed by atoms with Crippen LogP contribution in [-0.4, -0.2) is 15.3 Å². The summed E-state index contributed by atoms with van der Waals surface area (Å²) in [6.45, 7) is 1.82. The number of nitrogens with one attached hydrogen (secondary N) is 1. The molecule has 3 rings (SSSR count). The number of imidazole rings is 1. The third-order valence-corrected chi connectivity index (χ3v) is 4.30. The molecule has 0 spiro atoms. The number of nitrogens with zero attached hydrogens (tertiary/aromatic N) is 2. The van der Waals surface area contributed by atoms with Crippen LogP contribution in [0.5, 0.6) is 0 Å². The van der Waals surface area contributed by atoms with Gasteiger partial charge in [0.05, 0.1) is 27.0 Å². The number of aromatic nitrogens is 2. The minimum atomic E-state index is -4.55. The van der Waals surface area contributed by atoms with E-state index in [1.807, 2.05) is 6.92 Å². The highest BCUT2D eigenvalue weighted by atomic mass is 35.5. The van der Waals surface area contributed by atoms with E-state index in [9.17, 15) is 18.0 Å². The highest BCUT2D eigenvalue weighted by Crippen LogP contribution is 2.34. The summed E-state index contributed by atoms with van der Waals surface area (Å²) in [5, 5.41) is 2.83. The number of carbonyl (C=O) groups is 1. The second-order valence-corrected chi connectivity index (χ2v) is 6.33. The van der Waals surface area contributed by atoms with E-state index in [4.69, 9.17) is 23.2 Å². The molecule has 1 N–H and O–H groups in total. The molecular formula is C17H12Cl2F3N3O. The number of benzene rings is 1. The Bertz CT molecular complexity index is 999. The molecule has 1 aromatic carbocycles. The van der Waals surface area contributed by atoms with Crippen molar-refractivity contribution in [2.75, 3.05) is 5.32 Å². The number of anilines is 1. The Morgan fingerprint density at radius 1 is 1.23 bits per heavy atom. The zero-order chi connectivity index (χ0) is 19.1. The fraction of sp³-hybridized carbons (Fsp3) is 0.176. The van der Waals surface area contributed by atoms with Crippen LogP contribution in [0.25, 0.3) is 5.65 Å². The summed E-state index contributed by atoms with van der Waals surface area (Å²) in [7, 11) is 0. The number of halogens is 5. The fourth-order valence-electron chi connectivity index (χ4n) is 2.53. The smallest absolute Gasteiger partial charge is 0.319 e. The maximum absolute atomic E-state index is 12.9. The molecule has 0 radical (unpaired) electrons. The molecule has 4 nitrogen and oxygen atoms in total. The molecule has 0 bridgehead atoms. The Labute approximate surface area is 156 Å². The van der Waals surface area contributed by atoms with Gasteiger partial charge in [-0.2, -0.15) is 13.2 Å². The lowest BCUT2D eigenvalue weighted by Gasteiger charge is -2.12. The van der Waals surface area contributed by atoms with Crippen LogP contribution >= 0.6 is 23.2 Å². The van der Waals surface area contributed by atoms with Crippen LogP contribution < -0.4 is 5.32 Å². The van der Waals surface area contributed by atoms with Crippen molar-refractivity contribution in [1.29, 1.82) is 0 Å². The molecule has 0 saturated heterocycles. The monoisotopic (exact) mass is 401 g/mol. The van der Waals surface area contributed by atoms with Gasteiger partial charge in [-0.1, -0.05) is 30.1 Å². The van der Waals surface area contributed by atoms with Crippen LogP contribution in [0.2, 0.25) is 10.0 Å². The van der Waals surface area contributed by atoms with Crippen molar-refractivity contribution in [3.05, 3.63) is 63.5 Å². The van der Waals surface area contributed by atoms with Gasteiger partial charge >= 0.3 is 6.18 Å². The van der Waals surface area contributed by atoms with E-state index in [0.29, 0.717) is 22.8 Å². The highest BCUT2D eigenvalue weighted by molar-refractivity contribution is 6.34. The Balaban J connectivity index is 2.04. The van der Waals surface area contributed by atoms with Gasteiger partial charge in [0.25, 0.3) is 5.91 Å². The lowest BCUT2D eigenvalue weighted by Crippen LogP contribution is -2.17. The van der Waals surface area contributed by atoms with Crippen LogP contribution in [0.3, 0.4) is 0 Å². The number of rotatable bonds is 3. The van der Waals surface area contributed by atoms with E-state index in [-0.39, 0.29) is 16.4 Å². The van der Waals surface area contributed by atoms with Gasteiger partial charge in [-0.15, -0.1) is 0 Å².